The number of carbonyl (C=O) groups excluding carboxylic acids is 2. The molecule has 0 unspecified atom stereocenters. The Morgan fingerprint density at radius 3 is 1.51 bits per heavy atom. The van der Waals surface area contributed by atoms with Crippen LogP contribution in [0, 0.1) is 0 Å². The Labute approximate surface area is 233 Å². The molecule has 2 aromatic rings. The first kappa shape index (κ1) is 33.5. The van der Waals surface area contributed by atoms with Crippen molar-refractivity contribution < 1.29 is 85.0 Å². The van der Waals surface area contributed by atoms with Gasteiger partial charge < -0.3 is 29.9 Å². The van der Waals surface area contributed by atoms with E-state index in [1.807, 2.05) is 0 Å². The van der Waals surface area contributed by atoms with E-state index in [4.69, 9.17) is 0 Å². The molecule has 0 atom stereocenters. The maximum atomic E-state index is 15.1. The Morgan fingerprint density at radius 1 is 0.651 bits per heavy atom. The standard InChI is InChI=1S/C25H14F6O12/c1-3-14(32)42-13-8-12(21(38)39)16(22(40)41)18(43-15(33)4-2)17(13)23(24(26,27)28,25(29,30)31)9-5-6-10(19(34)35)11(7-9)20(36)37/h3-8H,1-2H2,(H,34,35)(H,36,37)(H,38,39)(H,40,41). The number of aromatic carboxylic acids is 4. The van der Waals surface area contributed by atoms with E-state index < -0.39 is 98.5 Å². The second-order valence-electron chi connectivity index (χ2n) is 7.98. The van der Waals surface area contributed by atoms with Crippen LogP contribution in [0.1, 0.15) is 52.6 Å². The molecule has 0 saturated carbocycles. The fourth-order valence-electron chi connectivity index (χ4n) is 3.90. The van der Waals surface area contributed by atoms with Crippen molar-refractivity contribution in [3.05, 3.63) is 83.0 Å². The van der Waals surface area contributed by atoms with Crippen molar-refractivity contribution in [3.8, 4) is 11.5 Å². The SMILES string of the molecule is C=CC(=O)Oc1cc(C(=O)O)c(C(=O)O)c(OC(=O)C=C)c1C(c1ccc(C(=O)O)c(C(=O)O)c1)(C(F)(F)F)C(F)(F)F. The lowest BCUT2D eigenvalue weighted by atomic mass is 9.70. The van der Waals surface area contributed by atoms with Crippen LogP contribution in [0.4, 0.5) is 26.3 Å². The molecular formula is C25H14F6O12. The minimum absolute atomic E-state index is 0.0575. The topological polar surface area (TPSA) is 202 Å². The molecule has 0 aliphatic carbocycles. The van der Waals surface area contributed by atoms with Crippen LogP contribution in [0.15, 0.2) is 49.6 Å². The monoisotopic (exact) mass is 620 g/mol. The molecule has 18 heteroatoms. The highest BCUT2D eigenvalue weighted by molar-refractivity contribution is 6.06. The summed E-state index contributed by atoms with van der Waals surface area (Å²) < 4.78 is 99.3. The predicted octanol–water partition coefficient (Wildman–Crippen LogP) is 4.07. The minimum atomic E-state index is -6.75. The fraction of sp³-hybridized carbons (Fsp3) is 0.120. The van der Waals surface area contributed by atoms with E-state index in [9.17, 15) is 49.2 Å². The fourth-order valence-corrected chi connectivity index (χ4v) is 3.90. The molecule has 0 radical (unpaired) electrons. The average molecular weight is 620 g/mol. The van der Waals surface area contributed by atoms with Crippen molar-refractivity contribution in [2.24, 2.45) is 0 Å². The third-order valence-electron chi connectivity index (χ3n) is 5.57. The second-order valence-corrected chi connectivity index (χ2v) is 7.98. The Balaban J connectivity index is 3.56. The van der Waals surface area contributed by atoms with E-state index in [1.54, 1.807) is 0 Å². The highest BCUT2D eigenvalue weighted by Crippen LogP contribution is 2.61. The number of hydrogen-bond acceptors (Lipinski definition) is 8. The molecular weight excluding hydrogens is 606 g/mol. The predicted molar refractivity (Wildman–Crippen MR) is 125 cm³/mol. The van der Waals surface area contributed by atoms with Crippen LogP contribution in [0.3, 0.4) is 0 Å². The van der Waals surface area contributed by atoms with E-state index in [2.05, 4.69) is 22.6 Å². The van der Waals surface area contributed by atoms with Gasteiger partial charge in [0.15, 0.2) is 5.75 Å². The van der Waals surface area contributed by atoms with Gasteiger partial charge in [0.25, 0.3) is 0 Å². The summed E-state index contributed by atoms with van der Waals surface area (Å²) in [5, 5.41) is 37.8. The number of carbonyl (C=O) groups is 6. The first-order chi connectivity index (χ1) is 19.7. The molecule has 0 aromatic heterocycles. The van der Waals surface area contributed by atoms with Gasteiger partial charge in [-0.15, -0.1) is 0 Å². The lowest BCUT2D eigenvalue weighted by Crippen LogP contribution is -2.55. The summed E-state index contributed by atoms with van der Waals surface area (Å²) in [6.45, 7) is 5.78. The first-order valence-electron chi connectivity index (χ1n) is 10.8. The number of carboxylic acid groups (broad SMARTS) is 4. The lowest BCUT2D eigenvalue weighted by Gasteiger charge is -2.40. The van der Waals surface area contributed by atoms with Crippen molar-refractivity contribution >= 4 is 35.8 Å². The maximum absolute atomic E-state index is 15.1. The molecule has 2 aromatic carbocycles. The van der Waals surface area contributed by atoms with Gasteiger partial charge >= 0.3 is 48.2 Å². The number of ether oxygens (including phenoxy) is 2. The van der Waals surface area contributed by atoms with Crippen molar-refractivity contribution in [2.75, 3.05) is 0 Å². The number of hydrogen-bond donors (Lipinski definition) is 4. The van der Waals surface area contributed by atoms with Crippen LogP contribution in [0.2, 0.25) is 0 Å². The molecule has 0 saturated heterocycles. The van der Waals surface area contributed by atoms with E-state index in [-0.39, 0.29) is 36.4 Å². The lowest BCUT2D eigenvalue weighted by molar-refractivity contribution is -0.289. The number of benzene rings is 2. The molecule has 0 heterocycles. The van der Waals surface area contributed by atoms with Crippen LogP contribution in [-0.2, 0) is 15.0 Å². The smallest absolute Gasteiger partial charge is 0.411 e. The molecule has 0 aliphatic rings. The molecule has 0 spiro atoms. The van der Waals surface area contributed by atoms with E-state index in [1.165, 1.54) is 0 Å². The molecule has 0 fully saturated rings. The largest absolute Gasteiger partial charge is 0.478 e. The van der Waals surface area contributed by atoms with Gasteiger partial charge in [-0.2, -0.15) is 26.3 Å². The Morgan fingerprint density at radius 2 is 1.12 bits per heavy atom. The molecule has 0 aliphatic heterocycles. The molecule has 2 rings (SSSR count). The summed E-state index contributed by atoms with van der Waals surface area (Å²) in [5.41, 5.74) is -16.9. The number of halogens is 6. The zero-order chi connectivity index (χ0) is 33.2. The van der Waals surface area contributed by atoms with Gasteiger partial charge in [-0.05, 0) is 23.8 Å². The number of alkyl halides is 6. The van der Waals surface area contributed by atoms with Crippen LogP contribution in [-0.4, -0.2) is 68.6 Å². The first-order valence-corrected chi connectivity index (χ1v) is 10.8. The minimum Gasteiger partial charge on any atom is -0.478 e. The van der Waals surface area contributed by atoms with Gasteiger partial charge in [-0.25, -0.2) is 28.8 Å². The van der Waals surface area contributed by atoms with Gasteiger partial charge in [-0.3, -0.25) is 0 Å². The zero-order valence-corrected chi connectivity index (χ0v) is 20.7. The molecule has 4 N–H and O–H groups in total. The Bertz CT molecular complexity index is 1570. The average Bonchev–Trinajstić information content (AvgIpc) is 2.87. The van der Waals surface area contributed by atoms with Crippen LogP contribution < -0.4 is 9.47 Å². The van der Waals surface area contributed by atoms with Crippen molar-refractivity contribution in [1.82, 2.24) is 0 Å². The molecule has 0 bridgehead atoms. The quantitative estimate of drug-likeness (QED) is 0.129. The third-order valence-corrected chi connectivity index (χ3v) is 5.57. The van der Waals surface area contributed by atoms with Gasteiger partial charge in [0.2, 0.25) is 5.41 Å². The summed E-state index contributed by atoms with van der Waals surface area (Å²) in [4.78, 5) is 71.1. The highest BCUT2D eigenvalue weighted by atomic mass is 19.4. The Hall–Kier alpha value is -5.68. The molecule has 12 nitrogen and oxygen atoms in total. The highest BCUT2D eigenvalue weighted by Gasteiger charge is 2.75. The zero-order valence-electron chi connectivity index (χ0n) is 20.7. The number of rotatable bonds is 10. The maximum Gasteiger partial charge on any atom is 0.411 e. The van der Waals surface area contributed by atoms with E-state index in [0.29, 0.717) is 0 Å². The Kier molecular flexibility index (Phi) is 9.10. The van der Waals surface area contributed by atoms with Crippen LogP contribution in [0.5, 0.6) is 11.5 Å². The van der Waals surface area contributed by atoms with Gasteiger partial charge in [-0.1, -0.05) is 19.2 Å². The molecule has 43 heavy (non-hydrogen) atoms. The summed E-state index contributed by atoms with van der Waals surface area (Å²) >= 11 is 0. The van der Waals surface area contributed by atoms with E-state index in [0.717, 1.165) is 0 Å². The number of carboxylic acids is 4. The van der Waals surface area contributed by atoms with Crippen molar-refractivity contribution in [1.29, 1.82) is 0 Å². The normalized spacial score (nSPS) is 11.7. The van der Waals surface area contributed by atoms with Gasteiger partial charge in [0.05, 0.1) is 22.3 Å². The summed E-state index contributed by atoms with van der Waals surface area (Å²) in [6.07, 6.45) is -13.2. The third kappa shape index (κ3) is 5.88. The second kappa shape index (κ2) is 11.7. The van der Waals surface area contributed by atoms with Crippen LogP contribution in [0.25, 0.3) is 0 Å². The van der Waals surface area contributed by atoms with Crippen molar-refractivity contribution in [3.63, 3.8) is 0 Å². The van der Waals surface area contributed by atoms with Crippen molar-refractivity contribution in [2.45, 2.75) is 17.8 Å². The van der Waals surface area contributed by atoms with Crippen LogP contribution >= 0.6 is 0 Å². The van der Waals surface area contributed by atoms with E-state index >= 15 is 26.3 Å². The number of esters is 2. The molecule has 228 valence electrons. The van der Waals surface area contributed by atoms with Gasteiger partial charge in [0.1, 0.15) is 11.3 Å². The summed E-state index contributed by atoms with van der Waals surface area (Å²) in [6, 6.07) is -0.622. The summed E-state index contributed by atoms with van der Waals surface area (Å²) in [5.74, 6) is -17.2. The molecule has 0 amide bonds. The summed E-state index contributed by atoms with van der Waals surface area (Å²) in [7, 11) is 0. The van der Waals surface area contributed by atoms with Gasteiger partial charge in [0, 0.05) is 12.2 Å².